The number of ether oxygens (including phenoxy) is 1. The summed E-state index contributed by atoms with van der Waals surface area (Å²) in [5.74, 6) is 0.919. The molecule has 0 amide bonds. The Morgan fingerprint density at radius 3 is 2.89 bits per heavy atom. The van der Waals surface area contributed by atoms with Gasteiger partial charge in [-0.05, 0) is 58.0 Å². The molecule has 2 fully saturated rings. The fourth-order valence-electron chi connectivity index (χ4n) is 3.11. The number of nitrogens with one attached hydrogen (secondary N) is 1. The summed E-state index contributed by atoms with van der Waals surface area (Å²) < 4.78 is 5.64. The topological polar surface area (TPSA) is 24.5 Å². The molecule has 106 valence electrons. The highest BCUT2D eigenvalue weighted by atomic mass is 16.5. The summed E-state index contributed by atoms with van der Waals surface area (Å²) in [6.07, 6.45) is 7.11. The maximum Gasteiger partial charge on any atom is 0.0700 e. The van der Waals surface area contributed by atoms with Crippen LogP contribution in [0.25, 0.3) is 0 Å². The number of hydrogen-bond donors (Lipinski definition) is 1. The lowest BCUT2D eigenvalue weighted by molar-refractivity contribution is 0.107. The molecule has 0 saturated carbocycles. The van der Waals surface area contributed by atoms with Gasteiger partial charge in [-0.1, -0.05) is 6.92 Å². The van der Waals surface area contributed by atoms with Crippen molar-refractivity contribution in [1.29, 1.82) is 0 Å². The summed E-state index contributed by atoms with van der Waals surface area (Å²) in [6, 6.07) is 0.664. The van der Waals surface area contributed by atoms with E-state index < -0.39 is 0 Å². The highest BCUT2D eigenvalue weighted by molar-refractivity contribution is 4.75. The second-order valence-electron chi connectivity index (χ2n) is 6.21. The average molecular weight is 254 g/mol. The van der Waals surface area contributed by atoms with Crippen molar-refractivity contribution in [2.75, 3.05) is 32.8 Å². The fraction of sp³-hybridized carbons (Fsp3) is 1.00. The molecule has 2 rings (SSSR count). The van der Waals surface area contributed by atoms with Crippen molar-refractivity contribution in [1.82, 2.24) is 10.2 Å². The summed E-state index contributed by atoms with van der Waals surface area (Å²) in [5.41, 5.74) is 0. The van der Waals surface area contributed by atoms with Crippen LogP contribution < -0.4 is 5.32 Å². The van der Waals surface area contributed by atoms with Crippen LogP contribution in [0.15, 0.2) is 0 Å². The van der Waals surface area contributed by atoms with Crippen LogP contribution in [0.2, 0.25) is 0 Å². The van der Waals surface area contributed by atoms with Crippen LogP contribution >= 0.6 is 0 Å². The summed E-state index contributed by atoms with van der Waals surface area (Å²) in [4.78, 5) is 2.66. The fourth-order valence-corrected chi connectivity index (χ4v) is 3.11. The minimum absolute atomic E-state index is 0.473. The third kappa shape index (κ3) is 4.52. The zero-order valence-electron chi connectivity index (χ0n) is 12.2. The molecule has 3 nitrogen and oxygen atoms in total. The Labute approximate surface area is 112 Å². The van der Waals surface area contributed by atoms with Crippen molar-refractivity contribution in [3.63, 3.8) is 0 Å². The van der Waals surface area contributed by atoms with Crippen molar-refractivity contribution >= 4 is 0 Å². The Kier molecular flexibility index (Phi) is 5.93. The predicted octanol–water partition coefficient (Wildman–Crippen LogP) is 2.27. The Morgan fingerprint density at radius 2 is 2.11 bits per heavy atom. The summed E-state index contributed by atoms with van der Waals surface area (Å²) in [7, 11) is 0. The van der Waals surface area contributed by atoms with Crippen molar-refractivity contribution in [3.05, 3.63) is 0 Å². The molecular weight excluding hydrogens is 224 g/mol. The SMILES string of the molecule is CC1CCCN(C(C)CNCC2CCCO2)CC1. The normalized spacial score (nSPS) is 32.3. The molecule has 1 N–H and O–H groups in total. The van der Waals surface area contributed by atoms with Gasteiger partial charge in [0.1, 0.15) is 0 Å². The molecule has 3 atom stereocenters. The molecule has 2 heterocycles. The second kappa shape index (κ2) is 7.46. The highest BCUT2D eigenvalue weighted by Gasteiger charge is 2.19. The van der Waals surface area contributed by atoms with Crippen molar-refractivity contribution in [2.45, 2.75) is 58.1 Å². The largest absolute Gasteiger partial charge is 0.377 e. The van der Waals surface area contributed by atoms with Crippen LogP contribution in [-0.4, -0.2) is 49.8 Å². The van der Waals surface area contributed by atoms with E-state index in [4.69, 9.17) is 4.74 Å². The molecular formula is C15H30N2O. The van der Waals surface area contributed by atoms with Crippen molar-refractivity contribution < 1.29 is 4.74 Å². The predicted molar refractivity (Wildman–Crippen MR) is 75.9 cm³/mol. The molecule has 3 unspecified atom stereocenters. The lowest BCUT2D eigenvalue weighted by Gasteiger charge is -2.28. The zero-order valence-corrected chi connectivity index (χ0v) is 12.2. The summed E-state index contributed by atoms with van der Waals surface area (Å²) in [6.45, 7) is 10.4. The zero-order chi connectivity index (χ0) is 12.8. The first-order valence-electron chi connectivity index (χ1n) is 7.82. The van der Waals surface area contributed by atoms with Gasteiger partial charge in [0.05, 0.1) is 6.10 Å². The van der Waals surface area contributed by atoms with Crippen LogP contribution in [0.5, 0.6) is 0 Å². The molecule has 0 bridgehead atoms. The number of likely N-dealkylation sites (tertiary alicyclic amines) is 1. The molecule has 0 aromatic carbocycles. The van der Waals surface area contributed by atoms with Crippen LogP contribution in [0.3, 0.4) is 0 Å². The number of rotatable bonds is 5. The highest BCUT2D eigenvalue weighted by Crippen LogP contribution is 2.18. The number of hydrogen-bond acceptors (Lipinski definition) is 3. The van der Waals surface area contributed by atoms with Gasteiger partial charge in [-0.25, -0.2) is 0 Å². The maximum atomic E-state index is 5.64. The minimum atomic E-state index is 0.473. The quantitative estimate of drug-likeness (QED) is 0.814. The monoisotopic (exact) mass is 254 g/mol. The van der Waals surface area contributed by atoms with E-state index >= 15 is 0 Å². The van der Waals surface area contributed by atoms with E-state index in [1.165, 1.54) is 45.2 Å². The Morgan fingerprint density at radius 1 is 1.22 bits per heavy atom. The first-order chi connectivity index (χ1) is 8.75. The van der Waals surface area contributed by atoms with Crippen LogP contribution in [-0.2, 0) is 4.74 Å². The maximum absolute atomic E-state index is 5.64. The smallest absolute Gasteiger partial charge is 0.0700 e. The van der Waals surface area contributed by atoms with E-state index in [-0.39, 0.29) is 0 Å². The Balaban J connectivity index is 1.62. The Hall–Kier alpha value is -0.120. The molecule has 18 heavy (non-hydrogen) atoms. The second-order valence-corrected chi connectivity index (χ2v) is 6.21. The first-order valence-corrected chi connectivity index (χ1v) is 7.82. The standard InChI is InChI=1S/C15H30N2O/c1-13-5-3-8-17(9-7-13)14(2)11-16-12-15-6-4-10-18-15/h13-16H,3-12H2,1-2H3. The van der Waals surface area contributed by atoms with Gasteiger partial charge in [-0.15, -0.1) is 0 Å². The summed E-state index contributed by atoms with van der Waals surface area (Å²) in [5, 5.41) is 3.59. The molecule has 2 aliphatic rings. The molecule has 0 aromatic rings. The lowest BCUT2D eigenvalue weighted by Crippen LogP contribution is -2.42. The van der Waals surface area contributed by atoms with E-state index in [0.29, 0.717) is 12.1 Å². The van der Waals surface area contributed by atoms with E-state index in [1.54, 1.807) is 0 Å². The molecule has 2 saturated heterocycles. The van der Waals surface area contributed by atoms with Crippen LogP contribution in [0.4, 0.5) is 0 Å². The lowest BCUT2D eigenvalue weighted by atomic mass is 10.0. The molecule has 0 aliphatic carbocycles. The summed E-state index contributed by atoms with van der Waals surface area (Å²) >= 11 is 0. The third-order valence-electron chi connectivity index (χ3n) is 4.51. The van der Waals surface area contributed by atoms with Gasteiger partial charge in [0.15, 0.2) is 0 Å². The van der Waals surface area contributed by atoms with E-state index in [0.717, 1.165) is 25.6 Å². The average Bonchev–Trinajstić information content (AvgIpc) is 2.77. The van der Waals surface area contributed by atoms with Gasteiger partial charge in [-0.2, -0.15) is 0 Å². The van der Waals surface area contributed by atoms with Gasteiger partial charge in [0.25, 0.3) is 0 Å². The molecule has 0 spiro atoms. The van der Waals surface area contributed by atoms with Gasteiger partial charge in [0.2, 0.25) is 0 Å². The van der Waals surface area contributed by atoms with E-state index in [9.17, 15) is 0 Å². The van der Waals surface area contributed by atoms with Crippen molar-refractivity contribution in [3.8, 4) is 0 Å². The van der Waals surface area contributed by atoms with Crippen LogP contribution in [0, 0.1) is 5.92 Å². The first kappa shape index (κ1) is 14.3. The molecule has 3 heteroatoms. The van der Waals surface area contributed by atoms with Crippen molar-refractivity contribution in [2.24, 2.45) is 5.92 Å². The van der Waals surface area contributed by atoms with Gasteiger partial charge < -0.3 is 10.1 Å². The minimum Gasteiger partial charge on any atom is -0.377 e. The van der Waals surface area contributed by atoms with Gasteiger partial charge in [0, 0.05) is 25.7 Å². The van der Waals surface area contributed by atoms with Crippen LogP contribution in [0.1, 0.15) is 46.0 Å². The third-order valence-corrected chi connectivity index (χ3v) is 4.51. The molecule has 0 radical (unpaired) electrons. The Bertz CT molecular complexity index is 229. The number of nitrogens with zero attached hydrogens (tertiary/aromatic N) is 1. The molecule has 0 aromatic heterocycles. The van der Waals surface area contributed by atoms with Gasteiger partial charge >= 0.3 is 0 Å². The van der Waals surface area contributed by atoms with E-state index in [2.05, 4.69) is 24.1 Å². The molecule has 2 aliphatic heterocycles. The van der Waals surface area contributed by atoms with Gasteiger partial charge in [-0.3, -0.25) is 4.90 Å². The van der Waals surface area contributed by atoms with E-state index in [1.807, 2.05) is 0 Å².